The molecule has 4 atom stereocenters. The Labute approximate surface area is 86.1 Å². The molecule has 0 aromatic carbocycles. The summed E-state index contributed by atoms with van der Waals surface area (Å²) in [6.07, 6.45) is 7.57. The number of likely N-dealkylation sites (tertiary alicyclic amines) is 1. The lowest BCUT2D eigenvalue weighted by molar-refractivity contribution is 0.297. The predicted molar refractivity (Wildman–Crippen MR) is 57.8 cm³/mol. The maximum Gasteiger partial charge on any atom is 0.00188 e. The van der Waals surface area contributed by atoms with E-state index in [1.807, 2.05) is 0 Å². The first-order chi connectivity index (χ1) is 6.88. The van der Waals surface area contributed by atoms with Crippen molar-refractivity contribution >= 4 is 0 Å². The molecule has 1 saturated carbocycles. The van der Waals surface area contributed by atoms with Crippen molar-refractivity contribution in [2.24, 2.45) is 29.4 Å². The summed E-state index contributed by atoms with van der Waals surface area (Å²) in [7, 11) is 0. The summed E-state index contributed by atoms with van der Waals surface area (Å²) < 4.78 is 0. The fourth-order valence-corrected chi connectivity index (χ4v) is 3.74. The highest BCUT2D eigenvalue weighted by Gasteiger charge is 2.48. The van der Waals surface area contributed by atoms with Crippen molar-refractivity contribution in [2.45, 2.75) is 12.8 Å². The van der Waals surface area contributed by atoms with Gasteiger partial charge in [-0.15, -0.1) is 0 Å². The average Bonchev–Trinajstić information content (AvgIpc) is 2.85. The van der Waals surface area contributed by atoms with E-state index in [0.717, 1.165) is 30.2 Å². The molecule has 0 amide bonds. The third-order valence-corrected chi connectivity index (χ3v) is 4.42. The van der Waals surface area contributed by atoms with Gasteiger partial charge in [-0.25, -0.2) is 0 Å². The Bertz CT molecular complexity index is 229. The molecule has 0 aromatic rings. The molecular formula is C12H20N2. The van der Waals surface area contributed by atoms with Crippen molar-refractivity contribution in [1.29, 1.82) is 0 Å². The largest absolute Gasteiger partial charge is 0.330 e. The van der Waals surface area contributed by atoms with Crippen molar-refractivity contribution in [3.8, 4) is 0 Å². The van der Waals surface area contributed by atoms with Gasteiger partial charge in [0.05, 0.1) is 0 Å². The molecule has 0 unspecified atom stereocenters. The van der Waals surface area contributed by atoms with Crippen molar-refractivity contribution in [1.82, 2.24) is 4.90 Å². The lowest BCUT2D eigenvalue weighted by Crippen LogP contribution is -2.25. The first-order valence-corrected chi connectivity index (χ1v) is 5.99. The molecule has 2 fully saturated rings. The molecule has 3 rings (SSSR count). The highest BCUT2D eigenvalue weighted by molar-refractivity contribution is 5.16. The molecule has 1 aliphatic heterocycles. The zero-order valence-electron chi connectivity index (χ0n) is 8.73. The number of fused-ring (bicyclic) bond motifs is 5. The van der Waals surface area contributed by atoms with Crippen molar-refractivity contribution in [2.75, 3.05) is 26.2 Å². The number of hydrogen-bond acceptors (Lipinski definition) is 2. The third kappa shape index (κ3) is 1.24. The quantitative estimate of drug-likeness (QED) is 0.678. The van der Waals surface area contributed by atoms with E-state index in [2.05, 4.69) is 17.1 Å². The summed E-state index contributed by atoms with van der Waals surface area (Å²) in [5.41, 5.74) is 5.55. The molecule has 0 radical (unpaired) electrons. The fourth-order valence-electron chi connectivity index (χ4n) is 3.74. The Morgan fingerprint density at radius 3 is 2.36 bits per heavy atom. The summed E-state index contributed by atoms with van der Waals surface area (Å²) in [6.45, 7) is 4.76. The fraction of sp³-hybridized carbons (Fsp3) is 0.833. The van der Waals surface area contributed by atoms with Gasteiger partial charge in [0.2, 0.25) is 0 Å². The molecule has 2 aliphatic carbocycles. The first-order valence-electron chi connectivity index (χ1n) is 5.99. The van der Waals surface area contributed by atoms with Gasteiger partial charge in [-0.2, -0.15) is 0 Å². The van der Waals surface area contributed by atoms with E-state index >= 15 is 0 Å². The third-order valence-electron chi connectivity index (χ3n) is 4.42. The minimum Gasteiger partial charge on any atom is -0.330 e. The minimum atomic E-state index is 0.844. The van der Waals surface area contributed by atoms with E-state index in [1.54, 1.807) is 0 Å². The highest BCUT2D eigenvalue weighted by atomic mass is 15.2. The summed E-state index contributed by atoms with van der Waals surface area (Å²) in [4.78, 5) is 2.63. The topological polar surface area (TPSA) is 29.3 Å². The van der Waals surface area contributed by atoms with Crippen LogP contribution >= 0.6 is 0 Å². The van der Waals surface area contributed by atoms with E-state index in [0.29, 0.717) is 0 Å². The minimum absolute atomic E-state index is 0.844. The second-order valence-electron chi connectivity index (χ2n) is 5.18. The lowest BCUT2D eigenvalue weighted by Gasteiger charge is -2.17. The van der Waals surface area contributed by atoms with Crippen LogP contribution in [-0.2, 0) is 0 Å². The first kappa shape index (κ1) is 8.93. The number of allylic oxidation sites excluding steroid dienone is 2. The second-order valence-corrected chi connectivity index (χ2v) is 5.18. The molecule has 1 heterocycles. The van der Waals surface area contributed by atoms with Gasteiger partial charge in [0, 0.05) is 13.1 Å². The smallest absolute Gasteiger partial charge is 0.00188 e. The van der Waals surface area contributed by atoms with Gasteiger partial charge in [0.1, 0.15) is 0 Å². The lowest BCUT2D eigenvalue weighted by atomic mass is 9.86. The van der Waals surface area contributed by atoms with Gasteiger partial charge in [0.15, 0.2) is 0 Å². The number of nitrogens with zero attached hydrogens (tertiary/aromatic N) is 1. The number of nitrogens with two attached hydrogens (primary N) is 1. The Hall–Kier alpha value is -0.340. The van der Waals surface area contributed by atoms with Crippen LogP contribution < -0.4 is 5.73 Å². The molecule has 2 nitrogen and oxygen atoms in total. The van der Waals surface area contributed by atoms with Crippen molar-refractivity contribution < 1.29 is 0 Å². The van der Waals surface area contributed by atoms with E-state index in [1.165, 1.54) is 32.5 Å². The van der Waals surface area contributed by atoms with Crippen molar-refractivity contribution in [3.63, 3.8) is 0 Å². The molecule has 78 valence electrons. The summed E-state index contributed by atoms with van der Waals surface area (Å²) in [5, 5.41) is 0. The average molecular weight is 192 g/mol. The van der Waals surface area contributed by atoms with Crippen LogP contribution in [0, 0.1) is 23.7 Å². The van der Waals surface area contributed by atoms with Crippen LogP contribution in [-0.4, -0.2) is 31.1 Å². The van der Waals surface area contributed by atoms with Gasteiger partial charge < -0.3 is 10.6 Å². The standard InChI is InChI=1S/C12H20N2/c13-4-1-5-14-7-11-9-2-3-10(6-9)12(11)8-14/h2-3,9-12H,1,4-8,13H2/t9-,10-,11-,12+/m1/s1. The van der Waals surface area contributed by atoms with Crippen LogP contribution in [0.5, 0.6) is 0 Å². The number of rotatable bonds is 3. The van der Waals surface area contributed by atoms with E-state index < -0.39 is 0 Å². The van der Waals surface area contributed by atoms with Crippen LogP contribution in [0.1, 0.15) is 12.8 Å². The highest BCUT2D eigenvalue weighted by Crippen LogP contribution is 2.51. The van der Waals surface area contributed by atoms with Gasteiger partial charge >= 0.3 is 0 Å². The zero-order valence-corrected chi connectivity index (χ0v) is 8.73. The van der Waals surface area contributed by atoms with E-state index in [4.69, 9.17) is 5.73 Å². The van der Waals surface area contributed by atoms with Gasteiger partial charge in [0.25, 0.3) is 0 Å². The van der Waals surface area contributed by atoms with Gasteiger partial charge in [-0.05, 0) is 49.6 Å². The van der Waals surface area contributed by atoms with Crippen LogP contribution in [0.25, 0.3) is 0 Å². The molecule has 14 heavy (non-hydrogen) atoms. The second kappa shape index (κ2) is 3.35. The Balaban J connectivity index is 1.62. The molecule has 1 saturated heterocycles. The molecule has 0 aromatic heterocycles. The SMILES string of the molecule is NCCCN1C[C@@H]2[C@H](C1)[C@@H]1C=C[C@@H]2C1. The normalized spacial score (nSPS) is 44.9. The maximum absolute atomic E-state index is 5.55. The van der Waals surface area contributed by atoms with Gasteiger partial charge in [-0.1, -0.05) is 12.2 Å². The van der Waals surface area contributed by atoms with Crippen molar-refractivity contribution in [3.05, 3.63) is 12.2 Å². The van der Waals surface area contributed by atoms with Crippen LogP contribution in [0.3, 0.4) is 0 Å². The van der Waals surface area contributed by atoms with Gasteiger partial charge in [-0.3, -0.25) is 0 Å². The predicted octanol–water partition coefficient (Wildman–Crippen LogP) is 1.09. The Morgan fingerprint density at radius 2 is 1.79 bits per heavy atom. The Morgan fingerprint density at radius 1 is 1.14 bits per heavy atom. The molecule has 0 spiro atoms. The summed E-state index contributed by atoms with van der Waals surface area (Å²) in [5.74, 6) is 3.83. The molecule has 2 bridgehead atoms. The van der Waals surface area contributed by atoms with Crippen LogP contribution in [0.2, 0.25) is 0 Å². The van der Waals surface area contributed by atoms with E-state index in [9.17, 15) is 0 Å². The van der Waals surface area contributed by atoms with E-state index in [-0.39, 0.29) is 0 Å². The molecule has 2 N–H and O–H groups in total. The zero-order chi connectivity index (χ0) is 9.54. The molecular weight excluding hydrogens is 172 g/mol. The summed E-state index contributed by atoms with van der Waals surface area (Å²) >= 11 is 0. The summed E-state index contributed by atoms with van der Waals surface area (Å²) in [6, 6.07) is 0. The molecule has 3 aliphatic rings. The monoisotopic (exact) mass is 192 g/mol. The number of hydrogen-bond donors (Lipinski definition) is 1. The Kier molecular flexibility index (Phi) is 2.14. The van der Waals surface area contributed by atoms with Crippen LogP contribution in [0.4, 0.5) is 0 Å². The molecule has 2 heteroatoms. The van der Waals surface area contributed by atoms with Crippen LogP contribution in [0.15, 0.2) is 12.2 Å². The maximum atomic E-state index is 5.55.